The average Bonchev–Trinajstić information content (AvgIpc) is 2.70. The summed E-state index contributed by atoms with van der Waals surface area (Å²) in [6.07, 6.45) is 2.07. The topological polar surface area (TPSA) is 64.8 Å². The number of nitrogens with zero attached hydrogens (tertiary/aromatic N) is 1. The van der Waals surface area contributed by atoms with Gasteiger partial charge >= 0.3 is 0 Å². The van der Waals surface area contributed by atoms with E-state index in [0.717, 1.165) is 10.3 Å². The number of methoxy groups -OCH3 is 2. The molecule has 0 saturated heterocycles. The van der Waals surface area contributed by atoms with E-state index < -0.39 is 17.9 Å². The molecule has 0 spiro atoms. The molecule has 0 saturated carbocycles. The molecule has 1 aromatic carbocycles. The van der Waals surface area contributed by atoms with Crippen LogP contribution in [0, 0.1) is 5.21 Å². The van der Waals surface area contributed by atoms with E-state index >= 15 is 0 Å². The number of benzene rings is 1. The fourth-order valence-electron chi connectivity index (χ4n) is 2.62. The summed E-state index contributed by atoms with van der Waals surface area (Å²) in [7, 11) is 2.84. The second-order valence-corrected chi connectivity index (χ2v) is 4.79. The highest BCUT2D eigenvalue weighted by molar-refractivity contribution is 5.75. The van der Waals surface area contributed by atoms with Crippen LogP contribution < -0.4 is 0 Å². The molecule has 108 valence electrons. The highest BCUT2D eigenvalue weighted by atomic mass is 16.7. The van der Waals surface area contributed by atoms with E-state index in [1.54, 1.807) is 13.0 Å². The van der Waals surface area contributed by atoms with Gasteiger partial charge in [-0.15, -0.1) is 0 Å². The van der Waals surface area contributed by atoms with E-state index in [2.05, 4.69) is 0 Å². The van der Waals surface area contributed by atoms with Crippen LogP contribution in [0.4, 0.5) is 0 Å². The highest BCUT2D eigenvalue weighted by Crippen LogP contribution is 2.35. The number of aliphatic hydroxyl groups is 1. The molecule has 2 rings (SSSR count). The maximum Gasteiger partial charge on any atom is 0.267 e. The maximum atomic E-state index is 12.5. The number of rotatable bonds is 4. The van der Waals surface area contributed by atoms with Crippen LogP contribution >= 0.6 is 0 Å². The van der Waals surface area contributed by atoms with Gasteiger partial charge in [-0.2, -0.15) is 4.74 Å². The van der Waals surface area contributed by atoms with Gasteiger partial charge in [-0.1, -0.05) is 18.2 Å². The smallest absolute Gasteiger partial charge is 0.267 e. The lowest BCUT2D eigenvalue weighted by atomic mass is 10.1. The summed E-state index contributed by atoms with van der Waals surface area (Å²) >= 11 is 0. The highest BCUT2D eigenvalue weighted by Gasteiger charge is 2.56. The van der Waals surface area contributed by atoms with Crippen molar-refractivity contribution >= 4 is 6.21 Å². The molecule has 0 aromatic heterocycles. The Morgan fingerprint density at radius 1 is 1.25 bits per heavy atom. The Bertz CT molecular complexity index is 520. The standard InChI is InChI=1S/C15H19NO4/c1-11-9-13(17)15(19-2,20-3)14(11)16(18)10-12-7-5-4-6-8-12/h4-10,13-14,17H,1-3H3/b16-10-/t13-,14+/m1/s1. The Kier molecular flexibility index (Phi) is 4.23. The van der Waals surface area contributed by atoms with Gasteiger partial charge in [0.2, 0.25) is 6.04 Å². The average molecular weight is 277 g/mol. The predicted octanol–water partition coefficient (Wildman–Crippen LogP) is 1.29. The van der Waals surface area contributed by atoms with Crippen LogP contribution in [0.1, 0.15) is 12.5 Å². The van der Waals surface area contributed by atoms with E-state index in [4.69, 9.17) is 9.47 Å². The normalized spacial score (nSPS) is 25.6. The van der Waals surface area contributed by atoms with E-state index in [0.29, 0.717) is 5.57 Å². The van der Waals surface area contributed by atoms with Crippen LogP contribution in [0.3, 0.4) is 0 Å². The van der Waals surface area contributed by atoms with Gasteiger partial charge < -0.3 is 19.8 Å². The molecule has 5 nitrogen and oxygen atoms in total. The molecular formula is C15H19NO4. The summed E-state index contributed by atoms with van der Waals surface area (Å²) in [5, 5.41) is 22.5. The molecule has 0 fully saturated rings. The van der Waals surface area contributed by atoms with Gasteiger partial charge in [0.15, 0.2) is 6.21 Å². The van der Waals surface area contributed by atoms with Crippen molar-refractivity contribution in [1.82, 2.24) is 0 Å². The number of hydrogen-bond acceptors (Lipinski definition) is 4. The summed E-state index contributed by atoms with van der Waals surface area (Å²) in [5.74, 6) is -1.38. The Morgan fingerprint density at radius 3 is 2.40 bits per heavy atom. The number of hydrogen-bond donors (Lipinski definition) is 1. The van der Waals surface area contributed by atoms with E-state index in [1.807, 2.05) is 30.3 Å². The first-order valence-electron chi connectivity index (χ1n) is 6.37. The van der Waals surface area contributed by atoms with Crippen molar-refractivity contribution in [3.63, 3.8) is 0 Å². The molecule has 1 aromatic rings. The van der Waals surface area contributed by atoms with Gasteiger partial charge in [-0.25, -0.2) is 0 Å². The lowest BCUT2D eigenvalue weighted by Crippen LogP contribution is -2.54. The first kappa shape index (κ1) is 14.7. The van der Waals surface area contributed by atoms with Crippen LogP contribution in [0.15, 0.2) is 42.0 Å². The van der Waals surface area contributed by atoms with Crippen LogP contribution in [0.2, 0.25) is 0 Å². The summed E-state index contributed by atoms with van der Waals surface area (Å²) < 4.78 is 11.4. The second kappa shape index (κ2) is 5.75. The van der Waals surface area contributed by atoms with Crippen LogP contribution in [0.5, 0.6) is 0 Å². The molecular weight excluding hydrogens is 258 g/mol. The largest absolute Gasteiger partial charge is 0.623 e. The van der Waals surface area contributed by atoms with Crippen LogP contribution in [0.25, 0.3) is 0 Å². The minimum absolute atomic E-state index is 0.711. The lowest BCUT2D eigenvalue weighted by Gasteiger charge is -2.33. The molecule has 1 N–H and O–H groups in total. The zero-order valence-corrected chi connectivity index (χ0v) is 11.8. The van der Waals surface area contributed by atoms with Gasteiger partial charge in [0.1, 0.15) is 6.10 Å². The van der Waals surface area contributed by atoms with E-state index in [-0.39, 0.29) is 0 Å². The monoisotopic (exact) mass is 277 g/mol. The van der Waals surface area contributed by atoms with E-state index in [9.17, 15) is 10.3 Å². The Morgan fingerprint density at radius 2 is 1.85 bits per heavy atom. The molecule has 20 heavy (non-hydrogen) atoms. The first-order valence-corrected chi connectivity index (χ1v) is 6.37. The third kappa shape index (κ3) is 2.35. The van der Waals surface area contributed by atoms with Crippen LogP contribution in [-0.4, -0.2) is 48.2 Å². The van der Waals surface area contributed by atoms with E-state index in [1.165, 1.54) is 20.4 Å². The molecule has 5 heteroatoms. The molecule has 1 aliphatic rings. The van der Waals surface area contributed by atoms with Crippen molar-refractivity contribution in [2.45, 2.75) is 24.9 Å². The molecule has 2 atom stereocenters. The zero-order valence-electron chi connectivity index (χ0n) is 11.8. The lowest BCUT2D eigenvalue weighted by molar-refractivity contribution is -0.534. The molecule has 0 bridgehead atoms. The SMILES string of the molecule is COC1(OC)[C@H](O)C=C(C)[C@@H]1/[N+]([O-])=C/c1ccccc1. The first-order chi connectivity index (χ1) is 9.55. The minimum atomic E-state index is -1.38. The summed E-state index contributed by atoms with van der Waals surface area (Å²) in [6, 6.07) is 8.52. The Hall–Kier alpha value is -1.69. The van der Waals surface area contributed by atoms with Crippen molar-refractivity contribution < 1.29 is 19.3 Å². The maximum absolute atomic E-state index is 12.5. The molecule has 0 heterocycles. The third-order valence-corrected chi connectivity index (χ3v) is 3.61. The van der Waals surface area contributed by atoms with Gasteiger partial charge in [0.25, 0.3) is 5.79 Å². The van der Waals surface area contributed by atoms with Crippen molar-refractivity contribution in [2.24, 2.45) is 0 Å². The summed E-state index contributed by atoms with van der Waals surface area (Å²) in [4.78, 5) is 0. The fourth-order valence-corrected chi connectivity index (χ4v) is 2.62. The Labute approximate surface area is 118 Å². The fraction of sp³-hybridized carbons (Fsp3) is 0.400. The number of hydroxylamine groups is 1. The summed E-state index contributed by atoms with van der Waals surface area (Å²) in [5.41, 5.74) is 1.49. The van der Waals surface area contributed by atoms with Crippen LogP contribution in [-0.2, 0) is 9.47 Å². The minimum Gasteiger partial charge on any atom is -0.623 e. The molecule has 0 amide bonds. The molecule has 0 unspecified atom stereocenters. The molecule has 0 aliphatic heterocycles. The Balaban J connectivity index is 2.39. The van der Waals surface area contributed by atoms with Gasteiger partial charge in [-0.3, -0.25) is 0 Å². The van der Waals surface area contributed by atoms with Crippen molar-refractivity contribution in [3.8, 4) is 0 Å². The van der Waals surface area contributed by atoms with Gasteiger partial charge in [-0.05, 0) is 30.7 Å². The van der Waals surface area contributed by atoms with Crippen molar-refractivity contribution in [2.75, 3.05) is 14.2 Å². The predicted molar refractivity (Wildman–Crippen MR) is 75.5 cm³/mol. The zero-order chi connectivity index (χ0) is 14.8. The van der Waals surface area contributed by atoms with Crippen molar-refractivity contribution in [3.05, 3.63) is 52.8 Å². The summed E-state index contributed by atoms with van der Waals surface area (Å²) in [6.45, 7) is 1.78. The second-order valence-electron chi connectivity index (χ2n) is 4.79. The quantitative estimate of drug-likeness (QED) is 0.225. The van der Waals surface area contributed by atoms with Crippen molar-refractivity contribution in [1.29, 1.82) is 0 Å². The molecule has 0 radical (unpaired) electrons. The van der Waals surface area contributed by atoms with Gasteiger partial charge in [0, 0.05) is 19.8 Å². The third-order valence-electron chi connectivity index (χ3n) is 3.61. The number of aliphatic hydroxyl groups excluding tert-OH is 1. The molecule has 1 aliphatic carbocycles. The number of ether oxygens (including phenoxy) is 2. The van der Waals surface area contributed by atoms with Gasteiger partial charge in [0.05, 0.1) is 0 Å².